The molecule has 0 aliphatic carbocycles. The smallest absolute Gasteiger partial charge is 0.0465 e. The molecule has 1 aromatic heterocycles. The van der Waals surface area contributed by atoms with Gasteiger partial charge in [0.1, 0.15) is 0 Å². The zero-order valence-electron chi connectivity index (χ0n) is 11.7. The summed E-state index contributed by atoms with van der Waals surface area (Å²) in [6.07, 6.45) is 0.869. The van der Waals surface area contributed by atoms with Crippen molar-refractivity contribution in [2.75, 3.05) is 6.61 Å². The summed E-state index contributed by atoms with van der Waals surface area (Å²) in [5, 5.41) is 9.36. The maximum Gasteiger partial charge on any atom is 0.0465 e. The standard InChI is InChI=1S/C15H25NO/c1-10(2)13(9-17)8-14-7-6-12(5)15(16-14)11(3)4/h6-7,10-11,13,17H,8-9H2,1-5H3. The van der Waals surface area contributed by atoms with Crippen LogP contribution in [0.4, 0.5) is 0 Å². The fourth-order valence-electron chi connectivity index (χ4n) is 2.06. The van der Waals surface area contributed by atoms with Gasteiger partial charge in [0.25, 0.3) is 0 Å². The van der Waals surface area contributed by atoms with E-state index in [0.29, 0.717) is 17.8 Å². The van der Waals surface area contributed by atoms with Crippen LogP contribution in [0.1, 0.15) is 50.6 Å². The lowest BCUT2D eigenvalue weighted by atomic mass is 9.91. The normalized spacial score (nSPS) is 13.4. The van der Waals surface area contributed by atoms with Crippen molar-refractivity contribution >= 4 is 0 Å². The highest BCUT2D eigenvalue weighted by Gasteiger charge is 2.15. The average molecular weight is 235 g/mol. The van der Waals surface area contributed by atoms with Crippen molar-refractivity contribution in [3.63, 3.8) is 0 Å². The average Bonchev–Trinajstić information content (AvgIpc) is 2.27. The Hall–Kier alpha value is -0.890. The van der Waals surface area contributed by atoms with Gasteiger partial charge in [-0.05, 0) is 42.7 Å². The van der Waals surface area contributed by atoms with Crippen molar-refractivity contribution < 1.29 is 5.11 Å². The van der Waals surface area contributed by atoms with Gasteiger partial charge in [0.2, 0.25) is 0 Å². The Bertz CT molecular complexity index is 358. The number of hydrogen-bond acceptors (Lipinski definition) is 2. The van der Waals surface area contributed by atoms with Crippen LogP contribution in [0.3, 0.4) is 0 Å². The number of aliphatic hydroxyl groups is 1. The largest absolute Gasteiger partial charge is 0.396 e. The minimum Gasteiger partial charge on any atom is -0.396 e. The second-order valence-corrected chi connectivity index (χ2v) is 5.55. The minimum atomic E-state index is 0.240. The molecule has 1 unspecified atom stereocenters. The van der Waals surface area contributed by atoms with Crippen LogP contribution in [0, 0.1) is 18.8 Å². The zero-order chi connectivity index (χ0) is 13.0. The highest BCUT2D eigenvalue weighted by atomic mass is 16.3. The fraction of sp³-hybridized carbons (Fsp3) is 0.667. The first kappa shape index (κ1) is 14.2. The number of aromatic nitrogens is 1. The van der Waals surface area contributed by atoms with Crippen molar-refractivity contribution in [2.24, 2.45) is 11.8 Å². The fourth-order valence-corrected chi connectivity index (χ4v) is 2.06. The van der Waals surface area contributed by atoms with E-state index in [1.54, 1.807) is 0 Å². The number of aryl methyl sites for hydroxylation is 1. The number of pyridine rings is 1. The summed E-state index contributed by atoms with van der Waals surface area (Å²) in [6, 6.07) is 4.23. The maximum atomic E-state index is 9.36. The van der Waals surface area contributed by atoms with Gasteiger partial charge in [0, 0.05) is 18.0 Å². The zero-order valence-corrected chi connectivity index (χ0v) is 11.7. The molecule has 0 bridgehead atoms. The van der Waals surface area contributed by atoms with E-state index >= 15 is 0 Å². The molecule has 1 aromatic rings. The Morgan fingerprint density at radius 3 is 2.29 bits per heavy atom. The number of nitrogens with zero attached hydrogens (tertiary/aromatic N) is 1. The van der Waals surface area contributed by atoms with Crippen molar-refractivity contribution in [3.8, 4) is 0 Å². The predicted molar refractivity (Wildman–Crippen MR) is 72.2 cm³/mol. The molecule has 0 aliphatic rings. The number of rotatable bonds is 5. The van der Waals surface area contributed by atoms with Crippen molar-refractivity contribution in [2.45, 2.75) is 47.0 Å². The van der Waals surface area contributed by atoms with E-state index in [1.807, 2.05) is 0 Å². The molecule has 17 heavy (non-hydrogen) atoms. The molecule has 0 saturated carbocycles. The van der Waals surface area contributed by atoms with E-state index in [1.165, 1.54) is 11.3 Å². The quantitative estimate of drug-likeness (QED) is 0.849. The second-order valence-electron chi connectivity index (χ2n) is 5.55. The van der Waals surface area contributed by atoms with Gasteiger partial charge < -0.3 is 5.11 Å². The monoisotopic (exact) mass is 235 g/mol. The molecule has 96 valence electrons. The van der Waals surface area contributed by atoms with Gasteiger partial charge in [-0.3, -0.25) is 4.98 Å². The lowest BCUT2D eigenvalue weighted by Gasteiger charge is -2.19. The van der Waals surface area contributed by atoms with E-state index in [4.69, 9.17) is 4.98 Å². The van der Waals surface area contributed by atoms with E-state index in [2.05, 4.69) is 46.8 Å². The van der Waals surface area contributed by atoms with Crippen LogP contribution in [0.15, 0.2) is 12.1 Å². The molecule has 0 aliphatic heterocycles. The van der Waals surface area contributed by atoms with Crippen LogP contribution >= 0.6 is 0 Å². The first-order valence-electron chi connectivity index (χ1n) is 6.53. The van der Waals surface area contributed by atoms with Crippen LogP contribution in [-0.2, 0) is 6.42 Å². The van der Waals surface area contributed by atoms with Crippen LogP contribution in [0.25, 0.3) is 0 Å². The molecule has 1 rings (SSSR count). The summed E-state index contributed by atoms with van der Waals surface area (Å²) >= 11 is 0. The minimum absolute atomic E-state index is 0.240. The van der Waals surface area contributed by atoms with E-state index in [0.717, 1.165) is 12.1 Å². The molecule has 0 spiro atoms. The van der Waals surface area contributed by atoms with Gasteiger partial charge in [0.05, 0.1) is 0 Å². The van der Waals surface area contributed by atoms with Gasteiger partial charge in [0.15, 0.2) is 0 Å². The lowest BCUT2D eigenvalue weighted by molar-refractivity contribution is 0.188. The Morgan fingerprint density at radius 2 is 1.82 bits per heavy atom. The summed E-state index contributed by atoms with van der Waals surface area (Å²) in [6.45, 7) is 11.0. The third-order valence-corrected chi connectivity index (χ3v) is 3.39. The third kappa shape index (κ3) is 3.81. The Labute approximate surface area is 105 Å². The number of hydrogen-bond donors (Lipinski definition) is 1. The molecular weight excluding hydrogens is 210 g/mol. The van der Waals surface area contributed by atoms with Gasteiger partial charge in [-0.1, -0.05) is 33.8 Å². The van der Waals surface area contributed by atoms with Crippen LogP contribution in [0.5, 0.6) is 0 Å². The highest BCUT2D eigenvalue weighted by Crippen LogP contribution is 2.20. The molecule has 2 heteroatoms. The topological polar surface area (TPSA) is 33.1 Å². The van der Waals surface area contributed by atoms with Crippen molar-refractivity contribution in [1.29, 1.82) is 0 Å². The predicted octanol–water partition coefficient (Wildman–Crippen LogP) is 3.32. The SMILES string of the molecule is Cc1ccc(CC(CO)C(C)C)nc1C(C)C. The van der Waals surface area contributed by atoms with Crippen molar-refractivity contribution in [3.05, 3.63) is 29.1 Å². The molecular formula is C15H25NO. The summed E-state index contributed by atoms with van der Waals surface area (Å²) in [5.74, 6) is 1.26. The third-order valence-electron chi connectivity index (χ3n) is 3.39. The molecule has 0 amide bonds. The molecule has 1 atom stereocenters. The van der Waals surface area contributed by atoms with Gasteiger partial charge in [-0.2, -0.15) is 0 Å². The molecule has 1 N–H and O–H groups in total. The Balaban J connectivity index is 2.88. The summed E-state index contributed by atoms with van der Waals surface area (Å²) in [4.78, 5) is 4.73. The summed E-state index contributed by atoms with van der Waals surface area (Å²) in [5.41, 5.74) is 3.55. The Kier molecular flexibility index (Phi) is 5.13. The van der Waals surface area contributed by atoms with Crippen molar-refractivity contribution in [1.82, 2.24) is 4.98 Å². The highest BCUT2D eigenvalue weighted by molar-refractivity contribution is 5.24. The molecule has 0 fully saturated rings. The van der Waals surface area contributed by atoms with Gasteiger partial charge >= 0.3 is 0 Å². The first-order chi connectivity index (χ1) is 7.95. The summed E-state index contributed by atoms with van der Waals surface area (Å²) < 4.78 is 0. The van der Waals surface area contributed by atoms with Crippen LogP contribution in [-0.4, -0.2) is 16.7 Å². The molecule has 0 radical (unpaired) electrons. The molecule has 2 nitrogen and oxygen atoms in total. The molecule has 0 aromatic carbocycles. The van der Waals surface area contributed by atoms with Crippen LogP contribution in [0.2, 0.25) is 0 Å². The van der Waals surface area contributed by atoms with Gasteiger partial charge in [-0.15, -0.1) is 0 Å². The maximum absolute atomic E-state index is 9.36. The Morgan fingerprint density at radius 1 is 1.18 bits per heavy atom. The van der Waals surface area contributed by atoms with Crippen LogP contribution < -0.4 is 0 Å². The molecule has 0 saturated heterocycles. The van der Waals surface area contributed by atoms with Gasteiger partial charge in [-0.25, -0.2) is 0 Å². The van der Waals surface area contributed by atoms with E-state index in [-0.39, 0.29) is 6.61 Å². The summed E-state index contributed by atoms with van der Waals surface area (Å²) in [7, 11) is 0. The second kappa shape index (κ2) is 6.15. The first-order valence-corrected chi connectivity index (χ1v) is 6.53. The lowest BCUT2D eigenvalue weighted by Crippen LogP contribution is -2.17. The van der Waals surface area contributed by atoms with E-state index in [9.17, 15) is 5.11 Å². The molecule has 1 heterocycles. The number of aliphatic hydroxyl groups excluding tert-OH is 1. The van der Waals surface area contributed by atoms with E-state index < -0.39 is 0 Å².